The van der Waals surface area contributed by atoms with Gasteiger partial charge in [0.2, 0.25) is 5.91 Å². The van der Waals surface area contributed by atoms with Gasteiger partial charge in [-0.1, -0.05) is 31.4 Å². The van der Waals surface area contributed by atoms with Crippen molar-refractivity contribution >= 4 is 5.91 Å². The molecule has 0 radical (unpaired) electrons. The van der Waals surface area contributed by atoms with Gasteiger partial charge >= 0.3 is 0 Å². The van der Waals surface area contributed by atoms with Crippen LogP contribution in [0.1, 0.15) is 37.7 Å². The van der Waals surface area contributed by atoms with Gasteiger partial charge in [0.05, 0.1) is 5.54 Å². The first-order chi connectivity index (χ1) is 9.10. The largest absolute Gasteiger partial charge is 0.354 e. The third-order valence-electron chi connectivity index (χ3n) is 3.81. The van der Waals surface area contributed by atoms with Crippen LogP contribution in [0.4, 0.5) is 4.39 Å². The Hall–Kier alpha value is -1.42. The highest BCUT2D eigenvalue weighted by Crippen LogP contribution is 2.25. The van der Waals surface area contributed by atoms with E-state index in [0.29, 0.717) is 13.0 Å². The van der Waals surface area contributed by atoms with Gasteiger partial charge in [0, 0.05) is 6.54 Å². The Labute approximate surface area is 113 Å². The van der Waals surface area contributed by atoms with Crippen molar-refractivity contribution in [3.63, 3.8) is 0 Å². The standard InChI is InChI=1S/C15H21FN2O/c16-13-6-4-12(5-7-13)8-11-18-14(19)15(17)9-2-1-3-10-15/h4-7H,1-3,8-11,17H2,(H,18,19). The number of hydrogen-bond donors (Lipinski definition) is 2. The molecule has 1 aliphatic carbocycles. The van der Waals surface area contributed by atoms with Crippen LogP contribution in [0.5, 0.6) is 0 Å². The number of carbonyl (C=O) groups is 1. The molecule has 0 bridgehead atoms. The maximum Gasteiger partial charge on any atom is 0.240 e. The highest BCUT2D eigenvalue weighted by molar-refractivity contribution is 5.86. The number of carbonyl (C=O) groups excluding carboxylic acids is 1. The minimum Gasteiger partial charge on any atom is -0.354 e. The summed E-state index contributed by atoms with van der Waals surface area (Å²) in [5.41, 5.74) is 6.47. The average Bonchev–Trinajstić information content (AvgIpc) is 2.42. The van der Waals surface area contributed by atoms with Crippen LogP contribution in [-0.2, 0) is 11.2 Å². The minimum absolute atomic E-state index is 0.0469. The monoisotopic (exact) mass is 264 g/mol. The molecular formula is C15H21FN2O. The van der Waals surface area contributed by atoms with Crippen LogP contribution in [0.2, 0.25) is 0 Å². The lowest BCUT2D eigenvalue weighted by Crippen LogP contribution is -2.55. The highest BCUT2D eigenvalue weighted by Gasteiger charge is 2.34. The molecule has 1 aromatic rings. The van der Waals surface area contributed by atoms with E-state index in [1.54, 1.807) is 12.1 Å². The number of amides is 1. The molecule has 0 heterocycles. The maximum atomic E-state index is 12.7. The quantitative estimate of drug-likeness (QED) is 0.875. The predicted molar refractivity (Wildman–Crippen MR) is 73.1 cm³/mol. The van der Waals surface area contributed by atoms with Crippen molar-refractivity contribution in [2.45, 2.75) is 44.1 Å². The first-order valence-corrected chi connectivity index (χ1v) is 6.92. The summed E-state index contributed by atoms with van der Waals surface area (Å²) in [6.45, 7) is 0.545. The second-order valence-electron chi connectivity index (χ2n) is 5.35. The van der Waals surface area contributed by atoms with Crippen LogP contribution in [0.25, 0.3) is 0 Å². The molecule has 0 unspecified atom stereocenters. The van der Waals surface area contributed by atoms with E-state index in [9.17, 15) is 9.18 Å². The predicted octanol–water partition coefficient (Wildman–Crippen LogP) is 2.15. The summed E-state index contributed by atoms with van der Waals surface area (Å²) >= 11 is 0. The van der Waals surface area contributed by atoms with E-state index in [1.807, 2.05) is 0 Å². The summed E-state index contributed by atoms with van der Waals surface area (Å²) in [6, 6.07) is 6.34. The Morgan fingerprint density at radius 2 is 1.84 bits per heavy atom. The van der Waals surface area contributed by atoms with E-state index in [2.05, 4.69) is 5.32 Å². The summed E-state index contributed by atoms with van der Waals surface area (Å²) in [5, 5.41) is 2.90. The van der Waals surface area contributed by atoms with Crippen molar-refractivity contribution < 1.29 is 9.18 Å². The molecule has 1 fully saturated rings. The molecule has 3 nitrogen and oxygen atoms in total. The fourth-order valence-electron chi connectivity index (χ4n) is 2.56. The first-order valence-electron chi connectivity index (χ1n) is 6.92. The van der Waals surface area contributed by atoms with Gasteiger partial charge in [0.15, 0.2) is 0 Å². The third-order valence-corrected chi connectivity index (χ3v) is 3.81. The third kappa shape index (κ3) is 3.77. The SMILES string of the molecule is NC1(C(=O)NCCc2ccc(F)cc2)CCCCC1. The van der Waals surface area contributed by atoms with Crippen molar-refractivity contribution in [1.29, 1.82) is 0 Å². The van der Waals surface area contributed by atoms with Crippen molar-refractivity contribution in [3.05, 3.63) is 35.6 Å². The Morgan fingerprint density at radius 1 is 1.21 bits per heavy atom. The molecule has 0 atom stereocenters. The molecule has 0 aromatic heterocycles. The van der Waals surface area contributed by atoms with Crippen LogP contribution in [0.15, 0.2) is 24.3 Å². The topological polar surface area (TPSA) is 55.1 Å². The fourth-order valence-corrected chi connectivity index (χ4v) is 2.56. The van der Waals surface area contributed by atoms with E-state index >= 15 is 0 Å². The molecule has 0 spiro atoms. The van der Waals surface area contributed by atoms with E-state index in [1.165, 1.54) is 18.6 Å². The molecule has 19 heavy (non-hydrogen) atoms. The summed E-state index contributed by atoms with van der Waals surface area (Å²) in [7, 11) is 0. The molecule has 3 N–H and O–H groups in total. The van der Waals surface area contributed by atoms with Crippen LogP contribution in [-0.4, -0.2) is 18.0 Å². The van der Waals surface area contributed by atoms with Gasteiger partial charge < -0.3 is 11.1 Å². The Balaban J connectivity index is 1.78. The van der Waals surface area contributed by atoms with Gasteiger partial charge in [0.25, 0.3) is 0 Å². The Kier molecular flexibility index (Phi) is 4.53. The van der Waals surface area contributed by atoms with Gasteiger partial charge in [-0.05, 0) is 37.0 Å². The summed E-state index contributed by atoms with van der Waals surface area (Å²) in [5.74, 6) is -0.287. The first kappa shape index (κ1) is 14.0. The molecular weight excluding hydrogens is 243 g/mol. The lowest BCUT2D eigenvalue weighted by atomic mass is 9.82. The Morgan fingerprint density at radius 3 is 2.47 bits per heavy atom. The van der Waals surface area contributed by atoms with Crippen LogP contribution in [0.3, 0.4) is 0 Å². The van der Waals surface area contributed by atoms with Gasteiger partial charge in [-0.15, -0.1) is 0 Å². The second kappa shape index (κ2) is 6.15. The smallest absolute Gasteiger partial charge is 0.240 e. The number of benzene rings is 1. The highest BCUT2D eigenvalue weighted by atomic mass is 19.1. The van der Waals surface area contributed by atoms with E-state index in [-0.39, 0.29) is 11.7 Å². The molecule has 104 valence electrons. The van der Waals surface area contributed by atoms with Crippen LogP contribution < -0.4 is 11.1 Å². The zero-order chi connectivity index (χ0) is 13.7. The number of rotatable bonds is 4. The lowest BCUT2D eigenvalue weighted by molar-refractivity contribution is -0.127. The average molecular weight is 264 g/mol. The fraction of sp³-hybridized carbons (Fsp3) is 0.533. The molecule has 0 saturated heterocycles. The molecule has 0 aliphatic heterocycles. The molecule has 1 saturated carbocycles. The van der Waals surface area contributed by atoms with Crippen molar-refractivity contribution in [2.75, 3.05) is 6.54 Å². The van der Waals surface area contributed by atoms with Crippen molar-refractivity contribution in [2.24, 2.45) is 5.73 Å². The number of hydrogen-bond acceptors (Lipinski definition) is 2. The molecule has 1 aliphatic rings. The van der Waals surface area contributed by atoms with Gasteiger partial charge in [-0.3, -0.25) is 4.79 Å². The van der Waals surface area contributed by atoms with E-state index in [4.69, 9.17) is 5.73 Å². The summed E-state index contributed by atoms with van der Waals surface area (Å²) in [6.07, 6.45) is 5.47. The molecule has 2 rings (SSSR count). The van der Waals surface area contributed by atoms with Gasteiger partial charge in [-0.25, -0.2) is 4.39 Å². The van der Waals surface area contributed by atoms with E-state index < -0.39 is 5.54 Å². The summed E-state index contributed by atoms with van der Waals surface area (Å²) in [4.78, 5) is 12.1. The Bertz CT molecular complexity index is 424. The number of halogens is 1. The van der Waals surface area contributed by atoms with Crippen LogP contribution in [0, 0.1) is 5.82 Å². The lowest BCUT2D eigenvalue weighted by Gasteiger charge is -2.31. The van der Waals surface area contributed by atoms with Gasteiger partial charge in [0.1, 0.15) is 5.82 Å². The maximum absolute atomic E-state index is 12.7. The molecule has 1 amide bonds. The summed E-state index contributed by atoms with van der Waals surface area (Å²) < 4.78 is 12.7. The molecule has 1 aromatic carbocycles. The number of nitrogens with two attached hydrogens (primary N) is 1. The number of nitrogens with one attached hydrogen (secondary N) is 1. The van der Waals surface area contributed by atoms with E-state index in [0.717, 1.165) is 31.2 Å². The van der Waals surface area contributed by atoms with Crippen molar-refractivity contribution in [1.82, 2.24) is 5.32 Å². The minimum atomic E-state index is -0.680. The van der Waals surface area contributed by atoms with Crippen LogP contribution >= 0.6 is 0 Å². The zero-order valence-corrected chi connectivity index (χ0v) is 11.1. The second-order valence-corrected chi connectivity index (χ2v) is 5.35. The van der Waals surface area contributed by atoms with Crippen molar-refractivity contribution in [3.8, 4) is 0 Å². The van der Waals surface area contributed by atoms with Gasteiger partial charge in [-0.2, -0.15) is 0 Å². The molecule has 4 heteroatoms. The normalized spacial score (nSPS) is 18.0. The zero-order valence-electron chi connectivity index (χ0n) is 11.1.